The molecule has 1 saturated heterocycles. The minimum absolute atomic E-state index is 0.425. The summed E-state index contributed by atoms with van der Waals surface area (Å²) in [7, 11) is -0.453. The van der Waals surface area contributed by atoms with Crippen LogP contribution in [0, 0.1) is 0 Å². The average Bonchev–Trinajstić information content (AvgIpc) is 3.63. The van der Waals surface area contributed by atoms with Crippen LogP contribution in [0.4, 0.5) is 0 Å². The molecule has 0 saturated carbocycles. The summed E-state index contributed by atoms with van der Waals surface area (Å²) in [6.45, 7) is 8.53. The molecular formula is C43H33BO2. The maximum absolute atomic E-state index is 6.70. The van der Waals surface area contributed by atoms with E-state index in [4.69, 9.17) is 9.31 Å². The van der Waals surface area contributed by atoms with Crippen LogP contribution in [0.1, 0.15) is 49.9 Å². The van der Waals surface area contributed by atoms with Crippen molar-refractivity contribution in [1.82, 2.24) is 0 Å². The third-order valence-electron chi connectivity index (χ3n) is 11.5. The van der Waals surface area contributed by atoms with Crippen molar-refractivity contribution in [2.75, 3.05) is 0 Å². The maximum atomic E-state index is 6.70. The Kier molecular flexibility index (Phi) is 5.05. The number of hydrogen-bond donors (Lipinski definition) is 0. The van der Waals surface area contributed by atoms with Crippen molar-refractivity contribution in [2.45, 2.75) is 44.3 Å². The number of rotatable bonds is 1. The standard InChI is InChI=1S/C43H33BO2/c1-41(2)42(3,4)46-44(45-41)39-23-13-22-37-40(39)31-19-10-12-21-36(31)43(37)35-20-11-9-18-30(35)34-24-32-28-16-7-5-14-26(28)27-15-6-8-17-29(27)33(32)25-38(34)43/h5-25H,1-4H3. The number of hydrogen-bond acceptors (Lipinski definition) is 2. The lowest BCUT2D eigenvalue weighted by molar-refractivity contribution is 0.00578. The van der Waals surface area contributed by atoms with Crippen LogP contribution in [0.15, 0.2) is 127 Å². The molecule has 2 nitrogen and oxygen atoms in total. The summed E-state index contributed by atoms with van der Waals surface area (Å²) in [5.74, 6) is 0. The van der Waals surface area contributed by atoms with Gasteiger partial charge in [0.1, 0.15) is 0 Å². The average molecular weight is 593 g/mol. The normalized spacial score (nSPS) is 20.0. The first-order valence-corrected chi connectivity index (χ1v) is 16.4. The molecule has 10 rings (SSSR count). The van der Waals surface area contributed by atoms with E-state index in [9.17, 15) is 0 Å². The molecule has 2 aliphatic carbocycles. The van der Waals surface area contributed by atoms with Crippen molar-refractivity contribution >= 4 is 44.9 Å². The third-order valence-corrected chi connectivity index (χ3v) is 11.5. The van der Waals surface area contributed by atoms with Gasteiger partial charge >= 0.3 is 7.12 Å². The smallest absolute Gasteiger partial charge is 0.399 e. The molecule has 1 aliphatic heterocycles. The van der Waals surface area contributed by atoms with Crippen LogP contribution in [0.25, 0.3) is 54.6 Å². The van der Waals surface area contributed by atoms with Gasteiger partial charge in [0.25, 0.3) is 0 Å². The second-order valence-corrected chi connectivity index (χ2v) is 14.2. The Hall–Kier alpha value is -4.70. The molecule has 0 radical (unpaired) electrons. The first-order chi connectivity index (χ1) is 22.3. The molecular weight excluding hydrogens is 559 g/mol. The van der Waals surface area contributed by atoms with Gasteiger partial charge in [-0.3, -0.25) is 0 Å². The molecule has 0 bridgehead atoms. The van der Waals surface area contributed by atoms with E-state index >= 15 is 0 Å². The van der Waals surface area contributed by atoms with Crippen LogP contribution in [-0.2, 0) is 14.7 Å². The number of fused-ring (bicyclic) bond motifs is 16. The van der Waals surface area contributed by atoms with Crippen LogP contribution in [0.3, 0.4) is 0 Å². The maximum Gasteiger partial charge on any atom is 0.495 e. The van der Waals surface area contributed by atoms with Gasteiger partial charge in [-0.25, -0.2) is 0 Å². The molecule has 7 aromatic carbocycles. The van der Waals surface area contributed by atoms with E-state index in [0.29, 0.717) is 0 Å². The molecule has 1 heterocycles. The molecule has 0 amide bonds. The highest BCUT2D eigenvalue weighted by atomic mass is 16.7. The predicted octanol–water partition coefficient (Wildman–Crippen LogP) is 9.79. The molecule has 1 atom stereocenters. The zero-order chi connectivity index (χ0) is 31.0. The zero-order valence-corrected chi connectivity index (χ0v) is 26.5. The van der Waals surface area contributed by atoms with Gasteiger partial charge in [0.2, 0.25) is 0 Å². The van der Waals surface area contributed by atoms with E-state index in [0.717, 1.165) is 5.46 Å². The fraction of sp³-hybridized carbons (Fsp3) is 0.163. The highest BCUT2D eigenvalue weighted by molar-refractivity contribution is 6.64. The second kappa shape index (κ2) is 8.76. The monoisotopic (exact) mass is 592 g/mol. The summed E-state index contributed by atoms with van der Waals surface area (Å²) in [5, 5.41) is 7.79. The summed E-state index contributed by atoms with van der Waals surface area (Å²) >= 11 is 0. The first-order valence-electron chi connectivity index (χ1n) is 16.4. The summed E-state index contributed by atoms with van der Waals surface area (Å²) < 4.78 is 13.4. The summed E-state index contributed by atoms with van der Waals surface area (Å²) in [5.41, 5.74) is 10.2. The largest absolute Gasteiger partial charge is 0.495 e. The van der Waals surface area contributed by atoms with Gasteiger partial charge in [0.15, 0.2) is 0 Å². The molecule has 0 aromatic heterocycles. The van der Waals surface area contributed by atoms with Crippen molar-refractivity contribution in [3.05, 3.63) is 150 Å². The van der Waals surface area contributed by atoms with Gasteiger partial charge in [-0.2, -0.15) is 0 Å². The van der Waals surface area contributed by atoms with E-state index in [1.54, 1.807) is 0 Å². The Morgan fingerprint density at radius 2 is 0.891 bits per heavy atom. The lowest BCUT2D eigenvalue weighted by Gasteiger charge is -2.32. The molecule has 220 valence electrons. The van der Waals surface area contributed by atoms with Gasteiger partial charge in [0.05, 0.1) is 16.6 Å². The molecule has 1 unspecified atom stereocenters. The highest BCUT2D eigenvalue weighted by Crippen LogP contribution is 2.63. The summed E-state index contributed by atoms with van der Waals surface area (Å²) in [4.78, 5) is 0. The molecule has 1 fully saturated rings. The topological polar surface area (TPSA) is 18.5 Å². The highest BCUT2D eigenvalue weighted by Gasteiger charge is 2.56. The molecule has 1 spiro atoms. The van der Waals surface area contributed by atoms with Crippen LogP contribution in [0.5, 0.6) is 0 Å². The van der Waals surface area contributed by atoms with Crippen LogP contribution in [-0.4, -0.2) is 18.3 Å². The zero-order valence-electron chi connectivity index (χ0n) is 26.5. The molecule has 0 N–H and O–H groups in total. The third kappa shape index (κ3) is 3.10. The fourth-order valence-electron chi connectivity index (χ4n) is 8.78. The van der Waals surface area contributed by atoms with Crippen LogP contribution < -0.4 is 5.46 Å². The first kappa shape index (κ1) is 26.5. The SMILES string of the molecule is CC1(C)OB(c2cccc3c2-c2ccccc2C32c3ccccc3-c3cc4c5ccccc5c5ccccc5c4cc32)OC1(C)C. The van der Waals surface area contributed by atoms with E-state index in [2.05, 4.69) is 155 Å². The second-order valence-electron chi connectivity index (χ2n) is 14.2. The molecule has 3 aliphatic rings. The Balaban J connectivity index is 1.35. The van der Waals surface area contributed by atoms with Crippen molar-refractivity contribution in [2.24, 2.45) is 0 Å². The Bertz CT molecular complexity index is 2440. The van der Waals surface area contributed by atoms with Crippen molar-refractivity contribution in [1.29, 1.82) is 0 Å². The van der Waals surface area contributed by atoms with Gasteiger partial charge in [-0.1, -0.05) is 115 Å². The van der Waals surface area contributed by atoms with Crippen molar-refractivity contribution in [3.8, 4) is 22.3 Å². The van der Waals surface area contributed by atoms with Crippen LogP contribution in [0.2, 0.25) is 0 Å². The van der Waals surface area contributed by atoms with Gasteiger partial charge in [0, 0.05) is 0 Å². The molecule has 3 heteroatoms. The van der Waals surface area contributed by atoms with E-state index in [1.807, 2.05) is 0 Å². The predicted molar refractivity (Wildman–Crippen MR) is 191 cm³/mol. The lowest BCUT2D eigenvalue weighted by Crippen LogP contribution is -2.41. The number of benzene rings is 7. The van der Waals surface area contributed by atoms with Gasteiger partial charge < -0.3 is 9.31 Å². The Morgan fingerprint density at radius 3 is 1.52 bits per heavy atom. The quantitative estimate of drug-likeness (QED) is 0.140. The van der Waals surface area contributed by atoms with Crippen molar-refractivity contribution in [3.63, 3.8) is 0 Å². The summed E-state index contributed by atoms with van der Waals surface area (Å²) in [6, 6.07) is 47.6. The fourth-order valence-corrected chi connectivity index (χ4v) is 8.78. The van der Waals surface area contributed by atoms with E-state index < -0.39 is 23.7 Å². The minimum atomic E-state index is -0.460. The van der Waals surface area contributed by atoms with Gasteiger partial charge in [-0.15, -0.1) is 0 Å². The Labute approximate surface area is 269 Å². The Morgan fingerprint density at radius 1 is 0.413 bits per heavy atom. The molecule has 7 aromatic rings. The van der Waals surface area contributed by atoms with E-state index in [1.165, 1.54) is 76.8 Å². The van der Waals surface area contributed by atoms with Crippen LogP contribution >= 0.6 is 0 Å². The summed E-state index contributed by atoms with van der Waals surface area (Å²) in [6.07, 6.45) is 0. The minimum Gasteiger partial charge on any atom is -0.399 e. The van der Waals surface area contributed by atoms with Crippen molar-refractivity contribution < 1.29 is 9.31 Å². The molecule has 46 heavy (non-hydrogen) atoms. The lowest BCUT2D eigenvalue weighted by atomic mass is 9.68. The van der Waals surface area contributed by atoms with Gasteiger partial charge in [-0.05, 0) is 122 Å². The van der Waals surface area contributed by atoms with E-state index in [-0.39, 0.29) is 0 Å².